The Labute approximate surface area is 91.2 Å². The lowest BCUT2D eigenvalue weighted by atomic mass is 10.1. The van der Waals surface area contributed by atoms with Crippen LogP contribution in [0.2, 0.25) is 0 Å². The van der Waals surface area contributed by atoms with E-state index in [1.807, 2.05) is 12.1 Å². The first-order chi connectivity index (χ1) is 7.36. The SMILES string of the molecule is COCCOc1cccc(CCCN)c1. The molecular formula is C12H19NO2. The van der Waals surface area contributed by atoms with Gasteiger partial charge in [0, 0.05) is 7.11 Å². The van der Waals surface area contributed by atoms with Gasteiger partial charge in [0.05, 0.1) is 6.61 Å². The third-order valence-corrected chi connectivity index (χ3v) is 2.12. The Kier molecular flexibility index (Phi) is 5.81. The molecule has 0 fully saturated rings. The van der Waals surface area contributed by atoms with Crippen molar-refractivity contribution in [3.8, 4) is 5.75 Å². The van der Waals surface area contributed by atoms with E-state index in [1.165, 1.54) is 5.56 Å². The fourth-order valence-electron chi connectivity index (χ4n) is 1.34. The summed E-state index contributed by atoms with van der Waals surface area (Å²) in [4.78, 5) is 0. The largest absolute Gasteiger partial charge is 0.491 e. The maximum Gasteiger partial charge on any atom is 0.119 e. The van der Waals surface area contributed by atoms with Crippen LogP contribution in [0.25, 0.3) is 0 Å². The summed E-state index contributed by atoms with van der Waals surface area (Å²) in [6.07, 6.45) is 2.03. The molecule has 0 aliphatic carbocycles. The van der Waals surface area contributed by atoms with Crippen molar-refractivity contribution in [1.29, 1.82) is 0 Å². The summed E-state index contributed by atoms with van der Waals surface area (Å²) in [7, 11) is 1.67. The molecule has 3 heteroatoms. The molecule has 1 aromatic carbocycles. The van der Waals surface area contributed by atoms with Crippen LogP contribution >= 0.6 is 0 Å². The van der Waals surface area contributed by atoms with E-state index in [-0.39, 0.29) is 0 Å². The van der Waals surface area contributed by atoms with E-state index >= 15 is 0 Å². The highest BCUT2D eigenvalue weighted by molar-refractivity contribution is 5.28. The van der Waals surface area contributed by atoms with Crippen molar-refractivity contribution in [3.05, 3.63) is 29.8 Å². The second-order valence-corrected chi connectivity index (χ2v) is 3.38. The van der Waals surface area contributed by atoms with Crippen LogP contribution in [0.15, 0.2) is 24.3 Å². The average Bonchev–Trinajstić information content (AvgIpc) is 2.27. The van der Waals surface area contributed by atoms with Crippen molar-refractivity contribution < 1.29 is 9.47 Å². The van der Waals surface area contributed by atoms with Crippen molar-refractivity contribution in [2.45, 2.75) is 12.8 Å². The first kappa shape index (κ1) is 12.0. The number of benzene rings is 1. The second-order valence-electron chi connectivity index (χ2n) is 3.38. The molecule has 0 amide bonds. The topological polar surface area (TPSA) is 44.5 Å². The summed E-state index contributed by atoms with van der Waals surface area (Å²) in [5.74, 6) is 0.904. The Morgan fingerprint density at radius 2 is 2.13 bits per heavy atom. The zero-order valence-corrected chi connectivity index (χ0v) is 9.24. The maximum atomic E-state index is 5.51. The van der Waals surface area contributed by atoms with Gasteiger partial charge in [-0.3, -0.25) is 0 Å². The molecule has 0 radical (unpaired) electrons. The van der Waals surface area contributed by atoms with Crippen LogP contribution in [0, 0.1) is 0 Å². The van der Waals surface area contributed by atoms with Gasteiger partial charge in [0.1, 0.15) is 12.4 Å². The number of nitrogens with two attached hydrogens (primary N) is 1. The molecule has 1 rings (SSSR count). The molecule has 0 aliphatic rings. The predicted molar refractivity (Wildman–Crippen MR) is 61.2 cm³/mol. The molecule has 0 aliphatic heterocycles. The summed E-state index contributed by atoms with van der Waals surface area (Å²) < 4.78 is 10.4. The third kappa shape index (κ3) is 4.81. The van der Waals surface area contributed by atoms with Crippen LogP contribution in [-0.4, -0.2) is 26.9 Å². The number of rotatable bonds is 7. The normalized spacial score (nSPS) is 10.3. The van der Waals surface area contributed by atoms with Crippen molar-refractivity contribution in [2.75, 3.05) is 26.9 Å². The molecule has 0 heterocycles. The van der Waals surface area contributed by atoms with Crippen LogP contribution in [0.1, 0.15) is 12.0 Å². The molecule has 15 heavy (non-hydrogen) atoms. The third-order valence-electron chi connectivity index (χ3n) is 2.12. The number of aryl methyl sites for hydroxylation is 1. The lowest BCUT2D eigenvalue weighted by Gasteiger charge is -2.07. The van der Waals surface area contributed by atoms with Gasteiger partial charge >= 0.3 is 0 Å². The van der Waals surface area contributed by atoms with Crippen molar-refractivity contribution in [2.24, 2.45) is 5.73 Å². The minimum atomic E-state index is 0.594. The maximum absolute atomic E-state index is 5.51. The fourth-order valence-corrected chi connectivity index (χ4v) is 1.34. The van der Waals surface area contributed by atoms with E-state index < -0.39 is 0 Å². The molecule has 0 saturated heterocycles. The Bertz CT molecular complexity index is 276. The first-order valence-corrected chi connectivity index (χ1v) is 5.27. The summed E-state index contributed by atoms with van der Waals surface area (Å²) >= 11 is 0. The quantitative estimate of drug-likeness (QED) is 0.694. The lowest BCUT2D eigenvalue weighted by Crippen LogP contribution is -2.04. The van der Waals surface area contributed by atoms with Crippen LogP contribution in [-0.2, 0) is 11.2 Å². The highest BCUT2D eigenvalue weighted by Gasteiger charge is 1.96. The van der Waals surface area contributed by atoms with Gasteiger partial charge in [-0.05, 0) is 37.1 Å². The summed E-state index contributed by atoms with van der Waals surface area (Å²) in [6, 6.07) is 8.12. The van der Waals surface area contributed by atoms with E-state index in [1.54, 1.807) is 7.11 Å². The van der Waals surface area contributed by atoms with Gasteiger partial charge in [-0.15, -0.1) is 0 Å². The predicted octanol–water partition coefficient (Wildman–Crippen LogP) is 1.60. The van der Waals surface area contributed by atoms with E-state index in [9.17, 15) is 0 Å². The van der Waals surface area contributed by atoms with Crippen molar-refractivity contribution in [1.82, 2.24) is 0 Å². The highest BCUT2D eigenvalue weighted by Crippen LogP contribution is 2.14. The van der Waals surface area contributed by atoms with E-state index in [0.29, 0.717) is 13.2 Å². The van der Waals surface area contributed by atoms with E-state index in [4.69, 9.17) is 15.2 Å². The molecular weight excluding hydrogens is 190 g/mol. The molecule has 0 unspecified atom stereocenters. The second kappa shape index (κ2) is 7.26. The van der Waals surface area contributed by atoms with Crippen LogP contribution in [0.5, 0.6) is 5.75 Å². The van der Waals surface area contributed by atoms with Crippen molar-refractivity contribution >= 4 is 0 Å². The lowest BCUT2D eigenvalue weighted by molar-refractivity contribution is 0.146. The van der Waals surface area contributed by atoms with Gasteiger partial charge in [0.25, 0.3) is 0 Å². The van der Waals surface area contributed by atoms with Gasteiger partial charge in [-0.1, -0.05) is 12.1 Å². The van der Waals surface area contributed by atoms with Gasteiger partial charge in [-0.2, -0.15) is 0 Å². The summed E-state index contributed by atoms with van der Waals surface area (Å²) in [5.41, 5.74) is 6.74. The van der Waals surface area contributed by atoms with E-state index in [0.717, 1.165) is 25.1 Å². The smallest absolute Gasteiger partial charge is 0.119 e. The van der Waals surface area contributed by atoms with Crippen LogP contribution in [0.4, 0.5) is 0 Å². The summed E-state index contributed by atoms with van der Waals surface area (Å²) in [6.45, 7) is 1.94. The summed E-state index contributed by atoms with van der Waals surface area (Å²) in [5, 5.41) is 0. The van der Waals surface area contributed by atoms with Crippen LogP contribution < -0.4 is 10.5 Å². The minimum absolute atomic E-state index is 0.594. The molecule has 0 aromatic heterocycles. The van der Waals surface area contributed by atoms with Gasteiger partial charge in [0.15, 0.2) is 0 Å². The molecule has 0 bridgehead atoms. The Hall–Kier alpha value is -1.06. The van der Waals surface area contributed by atoms with Crippen molar-refractivity contribution in [3.63, 3.8) is 0 Å². The Balaban J connectivity index is 2.42. The molecule has 84 valence electrons. The van der Waals surface area contributed by atoms with Gasteiger partial charge in [-0.25, -0.2) is 0 Å². The Morgan fingerprint density at radius 3 is 2.87 bits per heavy atom. The fraction of sp³-hybridized carbons (Fsp3) is 0.500. The zero-order chi connectivity index (χ0) is 10.9. The van der Waals surface area contributed by atoms with Gasteiger partial charge < -0.3 is 15.2 Å². The standard InChI is InChI=1S/C12H19NO2/c1-14-8-9-15-12-6-2-4-11(10-12)5-3-7-13/h2,4,6,10H,3,5,7-9,13H2,1H3. The molecule has 1 aromatic rings. The average molecular weight is 209 g/mol. The highest BCUT2D eigenvalue weighted by atomic mass is 16.5. The first-order valence-electron chi connectivity index (χ1n) is 5.27. The van der Waals surface area contributed by atoms with E-state index in [2.05, 4.69) is 12.1 Å². The minimum Gasteiger partial charge on any atom is -0.491 e. The molecule has 0 saturated carbocycles. The Morgan fingerprint density at radius 1 is 1.27 bits per heavy atom. The molecule has 2 N–H and O–H groups in total. The molecule has 3 nitrogen and oxygen atoms in total. The molecule has 0 spiro atoms. The van der Waals surface area contributed by atoms with Gasteiger partial charge in [0.2, 0.25) is 0 Å². The number of ether oxygens (including phenoxy) is 2. The number of methoxy groups -OCH3 is 1. The number of hydrogen-bond acceptors (Lipinski definition) is 3. The molecule has 0 atom stereocenters. The number of hydrogen-bond donors (Lipinski definition) is 1. The van der Waals surface area contributed by atoms with Crippen LogP contribution in [0.3, 0.4) is 0 Å². The zero-order valence-electron chi connectivity index (χ0n) is 9.24. The monoisotopic (exact) mass is 209 g/mol.